The van der Waals surface area contributed by atoms with E-state index in [1.54, 1.807) is 11.7 Å². The molecule has 8 nitrogen and oxygen atoms in total. The standard InChI is InChI=1S/C25H27N5O3/c1-16-5-3-4-6-22(16)30-23(27-28-25(30)32)13-17-9-11-29(12-10-17)24(31)21-14-18-7-8-19(33-2)15-20(18)26-21/h3-8,14-15,17,26H,9-13H2,1-2H3,(H,28,32). The first-order chi connectivity index (χ1) is 16.0. The largest absolute Gasteiger partial charge is 0.497 e. The van der Waals surface area contributed by atoms with Gasteiger partial charge in [-0.15, -0.1) is 0 Å². The van der Waals surface area contributed by atoms with Gasteiger partial charge < -0.3 is 14.6 Å². The number of nitrogens with one attached hydrogen (secondary N) is 2. The molecule has 0 bridgehead atoms. The molecule has 2 aromatic heterocycles. The molecule has 1 fully saturated rings. The minimum Gasteiger partial charge on any atom is -0.497 e. The number of ether oxygens (including phenoxy) is 1. The number of benzene rings is 2. The van der Waals surface area contributed by atoms with Crippen LogP contribution in [0, 0.1) is 12.8 Å². The van der Waals surface area contributed by atoms with Gasteiger partial charge in [-0.3, -0.25) is 4.79 Å². The topological polar surface area (TPSA) is 96.0 Å². The zero-order chi connectivity index (χ0) is 22.9. The lowest BCUT2D eigenvalue weighted by Crippen LogP contribution is -2.39. The predicted octanol–water partition coefficient (Wildman–Crippen LogP) is 3.45. The molecule has 0 spiro atoms. The van der Waals surface area contributed by atoms with Crippen molar-refractivity contribution in [2.45, 2.75) is 26.2 Å². The number of para-hydroxylation sites is 1. The van der Waals surface area contributed by atoms with E-state index in [4.69, 9.17) is 4.74 Å². The molecule has 33 heavy (non-hydrogen) atoms. The van der Waals surface area contributed by atoms with Crippen LogP contribution in [-0.4, -0.2) is 50.8 Å². The summed E-state index contributed by atoms with van der Waals surface area (Å²) in [5.74, 6) is 1.87. The van der Waals surface area contributed by atoms with Crippen molar-refractivity contribution < 1.29 is 9.53 Å². The molecule has 1 aliphatic rings. The predicted molar refractivity (Wildman–Crippen MR) is 126 cm³/mol. The Hall–Kier alpha value is -3.81. The van der Waals surface area contributed by atoms with Crippen LogP contribution >= 0.6 is 0 Å². The van der Waals surface area contributed by atoms with Gasteiger partial charge in [-0.05, 0) is 55.5 Å². The highest BCUT2D eigenvalue weighted by Crippen LogP contribution is 2.25. The Kier molecular flexibility index (Phi) is 5.50. The average molecular weight is 446 g/mol. The van der Waals surface area contributed by atoms with Crippen molar-refractivity contribution in [2.75, 3.05) is 20.2 Å². The number of hydrogen-bond donors (Lipinski definition) is 2. The van der Waals surface area contributed by atoms with E-state index in [0.717, 1.165) is 46.6 Å². The average Bonchev–Trinajstić information content (AvgIpc) is 3.42. The van der Waals surface area contributed by atoms with Crippen LogP contribution in [0.5, 0.6) is 5.75 Å². The third kappa shape index (κ3) is 4.04. The minimum atomic E-state index is -0.220. The summed E-state index contributed by atoms with van der Waals surface area (Å²) in [5.41, 5.74) is 3.15. The maximum absolute atomic E-state index is 13.1. The molecule has 0 saturated carbocycles. The van der Waals surface area contributed by atoms with E-state index in [1.165, 1.54) is 0 Å². The maximum Gasteiger partial charge on any atom is 0.347 e. The Morgan fingerprint density at radius 1 is 1.15 bits per heavy atom. The van der Waals surface area contributed by atoms with E-state index < -0.39 is 0 Å². The second-order valence-corrected chi connectivity index (χ2v) is 8.64. The first-order valence-corrected chi connectivity index (χ1v) is 11.2. The molecule has 0 atom stereocenters. The lowest BCUT2D eigenvalue weighted by atomic mass is 9.93. The third-order valence-electron chi connectivity index (χ3n) is 6.53. The van der Waals surface area contributed by atoms with Crippen molar-refractivity contribution in [1.29, 1.82) is 0 Å². The number of aromatic nitrogens is 4. The van der Waals surface area contributed by atoms with E-state index in [9.17, 15) is 9.59 Å². The van der Waals surface area contributed by atoms with Gasteiger partial charge in [-0.2, -0.15) is 5.10 Å². The van der Waals surface area contributed by atoms with E-state index in [2.05, 4.69) is 15.2 Å². The molecule has 170 valence electrons. The van der Waals surface area contributed by atoms with Crippen LogP contribution in [0.15, 0.2) is 53.3 Å². The summed E-state index contributed by atoms with van der Waals surface area (Å²) in [4.78, 5) is 30.6. The Morgan fingerprint density at radius 3 is 2.70 bits per heavy atom. The van der Waals surface area contributed by atoms with Gasteiger partial charge in [0, 0.05) is 36.5 Å². The summed E-state index contributed by atoms with van der Waals surface area (Å²) in [6, 6.07) is 15.4. The molecule has 2 N–H and O–H groups in total. The zero-order valence-electron chi connectivity index (χ0n) is 18.8. The second-order valence-electron chi connectivity index (χ2n) is 8.64. The summed E-state index contributed by atoms with van der Waals surface area (Å²) >= 11 is 0. The van der Waals surface area contributed by atoms with Crippen molar-refractivity contribution >= 4 is 16.8 Å². The molecular weight excluding hydrogens is 418 g/mol. The fourth-order valence-corrected chi connectivity index (χ4v) is 4.65. The molecule has 3 heterocycles. The van der Waals surface area contributed by atoms with Gasteiger partial charge in [-0.1, -0.05) is 18.2 Å². The summed E-state index contributed by atoms with van der Waals surface area (Å²) < 4.78 is 6.94. The first-order valence-electron chi connectivity index (χ1n) is 11.2. The molecule has 8 heteroatoms. The van der Waals surface area contributed by atoms with Crippen LogP contribution in [0.1, 0.15) is 34.7 Å². The number of piperidine rings is 1. The van der Waals surface area contributed by atoms with Crippen molar-refractivity contribution in [3.05, 3.63) is 76.1 Å². The zero-order valence-corrected chi connectivity index (χ0v) is 18.8. The molecule has 0 unspecified atom stereocenters. The number of carbonyl (C=O) groups is 1. The van der Waals surface area contributed by atoms with Gasteiger partial charge in [0.25, 0.3) is 5.91 Å². The van der Waals surface area contributed by atoms with Crippen molar-refractivity contribution in [2.24, 2.45) is 5.92 Å². The molecule has 0 radical (unpaired) electrons. The number of carbonyl (C=O) groups excluding carboxylic acids is 1. The van der Waals surface area contributed by atoms with Gasteiger partial charge in [0.1, 0.15) is 17.3 Å². The Balaban J connectivity index is 1.26. The van der Waals surface area contributed by atoms with Gasteiger partial charge in [0.05, 0.1) is 12.8 Å². The summed E-state index contributed by atoms with van der Waals surface area (Å²) in [6.45, 7) is 3.35. The van der Waals surface area contributed by atoms with Crippen molar-refractivity contribution in [3.8, 4) is 11.4 Å². The molecule has 5 rings (SSSR count). The number of amides is 1. The quantitative estimate of drug-likeness (QED) is 0.492. The Labute approximate surface area is 191 Å². The number of likely N-dealkylation sites (tertiary alicyclic amines) is 1. The van der Waals surface area contributed by atoms with Crippen molar-refractivity contribution in [1.82, 2.24) is 24.6 Å². The number of fused-ring (bicyclic) bond motifs is 1. The Bertz CT molecular complexity index is 1360. The van der Waals surface area contributed by atoms with E-state index in [0.29, 0.717) is 31.1 Å². The van der Waals surface area contributed by atoms with Gasteiger partial charge in [0.15, 0.2) is 0 Å². The molecule has 1 amide bonds. The summed E-state index contributed by atoms with van der Waals surface area (Å²) in [6.07, 6.45) is 2.44. The number of methoxy groups -OCH3 is 1. The molecule has 2 aromatic carbocycles. The lowest BCUT2D eigenvalue weighted by molar-refractivity contribution is 0.0684. The maximum atomic E-state index is 13.1. The number of H-pyrrole nitrogens is 2. The molecule has 1 saturated heterocycles. The molecule has 4 aromatic rings. The third-order valence-corrected chi connectivity index (χ3v) is 6.53. The molecular formula is C25H27N5O3. The summed E-state index contributed by atoms with van der Waals surface area (Å²) in [5, 5.41) is 7.89. The van der Waals surface area contributed by atoms with Crippen LogP contribution in [0.2, 0.25) is 0 Å². The number of aryl methyl sites for hydroxylation is 1. The molecule has 0 aliphatic carbocycles. The second kappa shape index (κ2) is 8.61. The number of aromatic amines is 2. The highest BCUT2D eigenvalue weighted by atomic mass is 16.5. The van der Waals surface area contributed by atoms with Crippen LogP contribution in [0.3, 0.4) is 0 Å². The van der Waals surface area contributed by atoms with Crippen LogP contribution < -0.4 is 10.4 Å². The first kappa shape index (κ1) is 21.1. The number of rotatable bonds is 5. The van der Waals surface area contributed by atoms with Crippen LogP contribution in [0.4, 0.5) is 0 Å². The van der Waals surface area contributed by atoms with Gasteiger partial charge >= 0.3 is 5.69 Å². The highest BCUT2D eigenvalue weighted by molar-refractivity contribution is 5.98. The lowest BCUT2D eigenvalue weighted by Gasteiger charge is -2.31. The monoisotopic (exact) mass is 445 g/mol. The Morgan fingerprint density at radius 2 is 1.94 bits per heavy atom. The smallest absolute Gasteiger partial charge is 0.347 e. The number of hydrogen-bond acceptors (Lipinski definition) is 4. The fourth-order valence-electron chi connectivity index (χ4n) is 4.65. The van der Waals surface area contributed by atoms with E-state index in [1.807, 2.05) is 60.4 Å². The van der Waals surface area contributed by atoms with E-state index >= 15 is 0 Å². The van der Waals surface area contributed by atoms with Crippen LogP contribution in [-0.2, 0) is 6.42 Å². The van der Waals surface area contributed by atoms with E-state index in [-0.39, 0.29) is 11.6 Å². The van der Waals surface area contributed by atoms with Crippen molar-refractivity contribution in [3.63, 3.8) is 0 Å². The summed E-state index contributed by atoms with van der Waals surface area (Å²) in [7, 11) is 1.63. The van der Waals surface area contributed by atoms with Gasteiger partial charge in [-0.25, -0.2) is 14.5 Å². The fraction of sp³-hybridized carbons (Fsp3) is 0.320. The highest BCUT2D eigenvalue weighted by Gasteiger charge is 2.26. The number of nitrogens with zero attached hydrogens (tertiary/aromatic N) is 3. The normalized spacial score (nSPS) is 14.7. The minimum absolute atomic E-state index is 0.0141. The SMILES string of the molecule is COc1ccc2cc(C(=O)N3CCC(Cc4n[nH]c(=O)n4-c4ccccc4C)CC3)[nH]c2c1. The molecule has 1 aliphatic heterocycles. The van der Waals surface area contributed by atoms with Gasteiger partial charge in [0.2, 0.25) is 0 Å². The van der Waals surface area contributed by atoms with Crippen LogP contribution in [0.25, 0.3) is 16.6 Å².